The normalized spacial score (nSPS) is 10.4. The van der Waals surface area contributed by atoms with Crippen LogP contribution in [0.2, 0.25) is 5.02 Å². The van der Waals surface area contributed by atoms with Crippen molar-refractivity contribution in [1.82, 2.24) is 5.16 Å². The lowest BCUT2D eigenvalue weighted by Crippen LogP contribution is -1.99. The minimum absolute atomic E-state index is 0.214. The zero-order valence-corrected chi connectivity index (χ0v) is 8.53. The average molecular weight is 242 g/mol. The first-order valence-corrected chi connectivity index (χ1v) is 4.62. The summed E-state index contributed by atoms with van der Waals surface area (Å²) >= 11 is 5.66. The summed E-state index contributed by atoms with van der Waals surface area (Å²) in [5.41, 5.74) is -0.355. The molecule has 1 N–H and O–H groups in total. The van der Waals surface area contributed by atoms with E-state index in [1.54, 1.807) is 12.1 Å². The van der Waals surface area contributed by atoms with Crippen molar-refractivity contribution in [3.63, 3.8) is 0 Å². The fourth-order valence-electron chi connectivity index (χ4n) is 1.19. The van der Waals surface area contributed by atoms with Crippen molar-refractivity contribution in [1.29, 1.82) is 0 Å². The number of aromatic carboxylic acids is 1. The van der Waals surface area contributed by atoms with Gasteiger partial charge in [-0.3, -0.25) is 0 Å². The van der Waals surface area contributed by atoms with Crippen LogP contribution in [0.3, 0.4) is 0 Å². The molecule has 0 aliphatic heterocycles. The Labute approximate surface area is 94.2 Å². The van der Waals surface area contributed by atoms with E-state index in [-0.39, 0.29) is 5.76 Å². The number of carbonyl (C=O) groups is 1. The van der Waals surface area contributed by atoms with Crippen LogP contribution in [0.4, 0.5) is 4.39 Å². The number of aromatic nitrogens is 1. The van der Waals surface area contributed by atoms with Crippen molar-refractivity contribution < 1.29 is 18.8 Å². The summed E-state index contributed by atoms with van der Waals surface area (Å²) in [7, 11) is 0. The summed E-state index contributed by atoms with van der Waals surface area (Å²) in [6.07, 6.45) is 0. The van der Waals surface area contributed by atoms with Gasteiger partial charge in [0.15, 0.2) is 0 Å². The van der Waals surface area contributed by atoms with Crippen LogP contribution in [0.1, 0.15) is 10.5 Å². The van der Waals surface area contributed by atoms with Crippen LogP contribution < -0.4 is 0 Å². The van der Waals surface area contributed by atoms with Gasteiger partial charge in [0, 0.05) is 10.6 Å². The van der Waals surface area contributed by atoms with E-state index in [4.69, 9.17) is 16.7 Å². The summed E-state index contributed by atoms with van der Waals surface area (Å²) < 4.78 is 18.1. The minimum atomic E-state index is -1.47. The molecule has 16 heavy (non-hydrogen) atoms. The van der Waals surface area contributed by atoms with E-state index < -0.39 is 17.5 Å². The molecule has 2 rings (SSSR count). The molecule has 1 heterocycles. The summed E-state index contributed by atoms with van der Waals surface area (Å²) in [5.74, 6) is -2.68. The van der Waals surface area contributed by atoms with Crippen molar-refractivity contribution in [3.8, 4) is 11.3 Å². The second kappa shape index (κ2) is 3.94. The molecule has 0 fully saturated rings. The number of halogens is 2. The van der Waals surface area contributed by atoms with E-state index >= 15 is 0 Å². The molecular weight excluding hydrogens is 237 g/mol. The highest BCUT2D eigenvalue weighted by Crippen LogP contribution is 2.26. The van der Waals surface area contributed by atoms with Crippen LogP contribution in [-0.2, 0) is 0 Å². The van der Waals surface area contributed by atoms with E-state index in [1.165, 1.54) is 12.1 Å². The molecule has 4 nitrogen and oxygen atoms in total. The largest absolute Gasteiger partial charge is 0.476 e. The lowest BCUT2D eigenvalue weighted by atomic mass is 10.1. The second-order valence-corrected chi connectivity index (χ2v) is 3.42. The molecule has 2 aromatic rings. The quantitative estimate of drug-likeness (QED) is 0.878. The van der Waals surface area contributed by atoms with Crippen LogP contribution in [0.5, 0.6) is 0 Å². The molecule has 0 saturated heterocycles. The summed E-state index contributed by atoms with van der Waals surface area (Å²) in [6.45, 7) is 0. The van der Waals surface area contributed by atoms with Gasteiger partial charge >= 0.3 is 5.97 Å². The lowest BCUT2D eigenvalue weighted by molar-refractivity contribution is 0.0681. The third kappa shape index (κ3) is 1.77. The fraction of sp³-hybridized carbons (Fsp3) is 0. The molecule has 0 amide bonds. The number of benzene rings is 1. The van der Waals surface area contributed by atoms with Crippen molar-refractivity contribution in [2.24, 2.45) is 0 Å². The van der Waals surface area contributed by atoms with Crippen molar-refractivity contribution in [2.45, 2.75) is 0 Å². The van der Waals surface area contributed by atoms with Crippen LogP contribution in [0.25, 0.3) is 11.3 Å². The molecule has 0 spiro atoms. The third-order valence-electron chi connectivity index (χ3n) is 1.94. The predicted octanol–water partition coefficient (Wildman–Crippen LogP) is 2.83. The maximum Gasteiger partial charge on any atom is 0.361 e. The Morgan fingerprint density at radius 3 is 2.50 bits per heavy atom. The summed E-state index contributed by atoms with van der Waals surface area (Å²) in [6, 6.07) is 6.10. The van der Waals surface area contributed by atoms with Crippen molar-refractivity contribution in [3.05, 3.63) is 40.8 Å². The van der Waals surface area contributed by atoms with E-state index in [0.717, 1.165) is 0 Å². The van der Waals surface area contributed by atoms with Gasteiger partial charge in [-0.2, -0.15) is 4.39 Å². The Balaban J connectivity index is 2.49. The predicted molar refractivity (Wildman–Crippen MR) is 53.9 cm³/mol. The highest BCUT2D eigenvalue weighted by Gasteiger charge is 2.22. The van der Waals surface area contributed by atoms with Gasteiger partial charge in [0.05, 0.1) is 0 Å². The molecule has 0 bridgehead atoms. The number of rotatable bonds is 2. The molecule has 1 aromatic heterocycles. The van der Waals surface area contributed by atoms with Gasteiger partial charge in [-0.1, -0.05) is 16.8 Å². The van der Waals surface area contributed by atoms with Crippen LogP contribution >= 0.6 is 11.6 Å². The lowest BCUT2D eigenvalue weighted by Gasteiger charge is -1.95. The first-order chi connectivity index (χ1) is 7.59. The third-order valence-corrected chi connectivity index (χ3v) is 2.20. The Morgan fingerprint density at radius 1 is 1.38 bits per heavy atom. The summed E-state index contributed by atoms with van der Waals surface area (Å²) in [4.78, 5) is 10.5. The Kier molecular flexibility index (Phi) is 2.62. The maximum atomic E-state index is 13.5. The molecular formula is C10H5ClFNO3. The smallest absolute Gasteiger partial charge is 0.361 e. The monoisotopic (exact) mass is 241 g/mol. The molecule has 0 saturated carbocycles. The van der Waals surface area contributed by atoms with Gasteiger partial charge < -0.3 is 9.63 Å². The van der Waals surface area contributed by atoms with E-state index in [0.29, 0.717) is 10.6 Å². The highest BCUT2D eigenvalue weighted by molar-refractivity contribution is 6.30. The molecule has 6 heteroatoms. The van der Waals surface area contributed by atoms with E-state index in [2.05, 4.69) is 9.68 Å². The average Bonchev–Trinajstić information content (AvgIpc) is 2.61. The minimum Gasteiger partial charge on any atom is -0.476 e. The summed E-state index contributed by atoms with van der Waals surface area (Å²) in [5, 5.41) is 12.2. The standard InChI is InChI=1S/C10H5ClFNO3/c11-6-3-1-5(2-4-6)9-7(12)8(10(14)15)13-16-9/h1-4H,(H,14,15). The molecule has 0 atom stereocenters. The molecule has 0 aliphatic rings. The Morgan fingerprint density at radius 2 is 2.00 bits per heavy atom. The number of carboxylic acid groups (broad SMARTS) is 1. The SMILES string of the molecule is O=C(O)c1noc(-c2ccc(Cl)cc2)c1F. The molecule has 0 aliphatic carbocycles. The Bertz CT molecular complexity index is 535. The van der Waals surface area contributed by atoms with Gasteiger partial charge in [0.2, 0.25) is 17.3 Å². The second-order valence-electron chi connectivity index (χ2n) is 2.99. The van der Waals surface area contributed by atoms with Crippen molar-refractivity contribution >= 4 is 17.6 Å². The van der Waals surface area contributed by atoms with Crippen LogP contribution in [0.15, 0.2) is 28.8 Å². The zero-order valence-electron chi connectivity index (χ0n) is 7.78. The number of hydrogen-bond acceptors (Lipinski definition) is 3. The van der Waals surface area contributed by atoms with Crippen LogP contribution in [-0.4, -0.2) is 16.2 Å². The molecule has 1 aromatic carbocycles. The van der Waals surface area contributed by atoms with Gasteiger partial charge in [-0.15, -0.1) is 0 Å². The first kappa shape index (κ1) is 10.6. The molecule has 0 unspecified atom stereocenters. The molecule has 82 valence electrons. The van der Waals surface area contributed by atoms with Gasteiger partial charge in [0.25, 0.3) is 0 Å². The van der Waals surface area contributed by atoms with E-state index in [9.17, 15) is 9.18 Å². The van der Waals surface area contributed by atoms with Gasteiger partial charge in [-0.05, 0) is 24.3 Å². The van der Waals surface area contributed by atoms with Gasteiger partial charge in [0.1, 0.15) is 0 Å². The fourth-order valence-corrected chi connectivity index (χ4v) is 1.32. The zero-order chi connectivity index (χ0) is 11.7. The van der Waals surface area contributed by atoms with Gasteiger partial charge in [-0.25, -0.2) is 4.79 Å². The number of carboxylic acids is 1. The number of hydrogen-bond donors (Lipinski definition) is 1. The highest BCUT2D eigenvalue weighted by atomic mass is 35.5. The maximum absolute atomic E-state index is 13.5. The van der Waals surface area contributed by atoms with Crippen LogP contribution in [0, 0.1) is 5.82 Å². The van der Waals surface area contributed by atoms with E-state index in [1.807, 2.05) is 0 Å². The molecule has 0 radical (unpaired) electrons. The topological polar surface area (TPSA) is 63.3 Å². The first-order valence-electron chi connectivity index (χ1n) is 4.24. The number of nitrogens with zero attached hydrogens (tertiary/aromatic N) is 1. The van der Waals surface area contributed by atoms with Crippen molar-refractivity contribution in [2.75, 3.05) is 0 Å². The Hall–Kier alpha value is -1.88.